The molecule has 0 nitrogen and oxygen atoms in total. The Kier molecular flexibility index (Phi) is 5.44. The third-order valence-corrected chi connectivity index (χ3v) is 11.4. The Morgan fingerprint density at radius 3 is 2.23 bits per heavy atom. The van der Waals surface area contributed by atoms with E-state index in [9.17, 15) is 0 Å². The minimum atomic E-state index is 0.424. The van der Waals surface area contributed by atoms with Crippen molar-refractivity contribution in [3.8, 4) is 0 Å². The van der Waals surface area contributed by atoms with Crippen LogP contribution in [0.25, 0.3) is 0 Å². The van der Waals surface area contributed by atoms with Crippen molar-refractivity contribution in [2.45, 2.75) is 127 Å². The molecule has 4 aliphatic carbocycles. The summed E-state index contributed by atoms with van der Waals surface area (Å²) in [5.41, 5.74) is 4.49. The molecule has 3 saturated carbocycles. The van der Waals surface area contributed by atoms with E-state index in [0.29, 0.717) is 27.1 Å². The summed E-state index contributed by atoms with van der Waals surface area (Å²) in [4.78, 5) is 0. The standard InChI is InChI=1S/C30H52/c1-10-15-30(9)24(26(2,3)4)14-17-29(8)22-13-16-28(7)19-18-27(5,6)20-23(28)21(22)11-12-25(29)30/h11,22-25H,10,12-20H2,1-9H3/t22?,23?,24?,25?,28-,29-,30-/m0/s1. The Morgan fingerprint density at radius 1 is 0.900 bits per heavy atom. The van der Waals surface area contributed by atoms with Gasteiger partial charge < -0.3 is 0 Å². The molecule has 4 rings (SSSR count). The van der Waals surface area contributed by atoms with Crippen LogP contribution in [-0.4, -0.2) is 0 Å². The minimum absolute atomic E-state index is 0.424. The van der Waals surface area contributed by atoms with Crippen LogP contribution in [0.1, 0.15) is 127 Å². The summed E-state index contributed by atoms with van der Waals surface area (Å²) >= 11 is 0. The molecule has 172 valence electrons. The predicted octanol–water partition coefficient (Wildman–Crippen LogP) is 9.44. The molecule has 4 unspecified atom stereocenters. The Labute approximate surface area is 189 Å². The zero-order valence-corrected chi connectivity index (χ0v) is 22.0. The molecule has 30 heavy (non-hydrogen) atoms. The molecular formula is C30H52. The molecular weight excluding hydrogens is 360 g/mol. The molecule has 0 N–H and O–H groups in total. The van der Waals surface area contributed by atoms with E-state index < -0.39 is 0 Å². The smallest absolute Gasteiger partial charge is 0.0141 e. The van der Waals surface area contributed by atoms with Gasteiger partial charge in [-0.25, -0.2) is 0 Å². The summed E-state index contributed by atoms with van der Waals surface area (Å²) in [7, 11) is 0. The maximum Gasteiger partial charge on any atom is -0.0141 e. The van der Waals surface area contributed by atoms with E-state index in [1.165, 1.54) is 64.2 Å². The van der Waals surface area contributed by atoms with Gasteiger partial charge in [0.2, 0.25) is 0 Å². The lowest BCUT2D eigenvalue weighted by molar-refractivity contribution is -0.134. The van der Waals surface area contributed by atoms with Gasteiger partial charge in [0.25, 0.3) is 0 Å². The normalized spacial score (nSPS) is 48.2. The van der Waals surface area contributed by atoms with Gasteiger partial charge >= 0.3 is 0 Å². The van der Waals surface area contributed by atoms with Gasteiger partial charge in [0.1, 0.15) is 0 Å². The zero-order chi connectivity index (χ0) is 22.2. The highest BCUT2D eigenvalue weighted by atomic mass is 14.7. The van der Waals surface area contributed by atoms with Crippen molar-refractivity contribution in [3.05, 3.63) is 11.6 Å². The topological polar surface area (TPSA) is 0 Å². The Bertz CT molecular complexity index is 689. The molecule has 0 spiro atoms. The van der Waals surface area contributed by atoms with Gasteiger partial charge in [-0.2, -0.15) is 0 Å². The van der Waals surface area contributed by atoms with Gasteiger partial charge in [0.15, 0.2) is 0 Å². The number of allylic oxidation sites excluding steroid dienone is 2. The molecule has 0 heteroatoms. The molecule has 0 radical (unpaired) electrons. The fraction of sp³-hybridized carbons (Fsp3) is 0.933. The van der Waals surface area contributed by atoms with E-state index in [1.807, 2.05) is 5.57 Å². The van der Waals surface area contributed by atoms with Crippen LogP contribution in [0.4, 0.5) is 0 Å². The highest BCUT2D eigenvalue weighted by Crippen LogP contribution is 2.70. The highest BCUT2D eigenvalue weighted by molar-refractivity contribution is 5.28. The number of rotatable bonds is 2. The number of hydrogen-bond acceptors (Lipinski definition) is 0. The highest BCUT2D eigenvalue weighted by Gasteiger charge is 2.61. The number of fused-ring (bicyclic) bond motifs is 5. The fourth-order valence-electron chi connectivity index (χ4n) is 9.87. The summed E-state index contributed by atoms with van der Waals surface area (Å²) < 4.78 is 0. The van der Waals surface area contributed by atoms with Gasteiger partial charge in [-0.3, -0.25) is 0 Å². The van der Waals surface area contributed by atoms with Crippen molar-refractivity contribution in [1.82, 2.24) is 0 Å². The molecule has 0 bridgehead atoms. The van der Waals surface area contributed by atoms with Crippen molar-refractivity contribution >= 4 is 0 Å². The molecule has 3 fully saturated rings. The maximum absolute atomic E-state index is 2.83. The third-order valence-electron chi connectivity index (χ3n) is 11.4. The minimum Gasteiger partial charge on any atom is -0.0844 e. The zero-order valence-electron chi connectivity index (χ0n) is 22.0. The Morgan fingerprint density at radius 2 is 1.60 bits per heavy atom. The van der Waals surface area contributed by atoms with E-state index in [1.54, 1.807) is 0 Å². The summed E-state index contributed by atoms with van der Waals surface area (Å²) in [6.45, 7) is 23.2. The lowest BCUT2D eigenvalue weighted by Crippen LogP contribution is -2.58. The molecule has 0 heterocycles. The largest absolute Gasteiger partial charge is 0.0844 e. The molecule has 0 aliphatic heterocycles. The van der Waals surface area contributed by atoms with Crippen molar-refractivity contribution in [1.29, 1.82) is 0 Å². The van der Waals surface area contributed by atoms with Crippen LogP contribution in [-0.2, 0) is 0 Å². The molecule has 0 amide bonds. The first-order chi connectivity index (χ1) is 13.8. The molecule has 0 aromatic carbocycles. The van der Waals surface area contributed by atoms with Crippen LogP contribution in [0.15, 0.2) is 11.6 Å². The molecule has 0 aromatic heterocycles. The van der Waals surface area contributed by atoms with Gasteiger partial charge in [-0.1, -0.05) is 80.4 Å². The lowest BCUT2D eigenvalue weighted by Gasteiger charge is -2.66. The second-order valence-corrected chi connectivity index (χ2v) is 14.9. The Hall–Kier alpha value is -0.260. The quantitative estimate of drug-likeness (QED) is 0.396. The van der Waals surface area contributed by atoms with Crippen molar-refractivity contribution in [2.75, 3.05) is 0 Å². The summed E-state index contributed by atoms with van der Waals surface area (Å²) in [6.07, 6.45) is 17.1. The van der Waals surface area contributed by atoms with E-state index in [2.05, 4.69) is 68.4 Å². The van der Waals surface area contributed by atoms with E-state index in [-0.39, 0.29) is 0 Å². The van der Waals surface area contributed by atoms with Crippen LogP contribution in [0.5, 0.6) is 0 Å². The Balaban J connectivity index is 1.74. The van der Waals surface area contributed by atoms with Crippen molar-refractivity contribution < 1.29 is 0 Å². The monoisotopic (exact) mass is 412 g/mol. The van der Waals surface area contributed by atoms with Crippen molar-refractivity contribution in [3.63, 3.8) is 0 Å². The second-order valence-electron chi connectivity index (χ2n) is 14.9. The van der Waals surface area contributed by atoms with Gasteiger partial charge in [-0.15, -0.1) is 0 Å². The van der Waals surface area contributed by atoms with Crippen LogP contribution in [0.3, 0.4) is 0 Å². The summed E-state index contributed by atoms with van der Waals surface area (Å²) in [6, 6.07) is 0. The summed E-state index contributed by atoms with van der Waals surface area (Å²) in [5, 5.41) is 0. The molecule has 0 saturated heterocycles. The fourth-order valence-corrected chi connectivity index (χ4v) is 9.87. The van der Waals surface area contributed by atoms with E-state index in [4.69, 9.17) is 0 Å². The van der Waals surface area contributed by atoms with Crippen LogP contribution >= 0.6 is 0 Å². The van der Waals surface area contributed by atoms with Gasteiger partial charge in [-0.05, 0) is 109 Å². The lowest BCUT2D eigenvalue weighted by atomic mass is 9.39. The first kappa shape index (κ1) is 22.9. The SMILES string of the molecule is CCC[C@@]1(C)C(C(C)(C)C)CC[C@@]2(C)C3CC[C@@]4(C)CCC(C)(C)CC4C3=CCC21. The average molecular weight is 413 g/mol. The van der Waals surface area contributed by atoms with Crippen molar-refractivity contribution in [2.24, 2.45) is 50.7 Å². The molecule has 7 atom stereocenters. The molecule has 0 aromatic rings. The maximum atomic E-state index is 2.83. The summed E-state index contributed by atoms with van der Waals surface area (Å²) in [5.74, 6) is 3.45. The predicted molar refractivity (Wildman–Crippen MR) is 131 cm³/mol. The van der Waals surface area contributed by atoms with Crippen LogP contribution < -0.4 is 0 Å². The second kappa shape index (κ2) is 7.12. The average Bonchev–Trinajstić information content (AvgIpc) is 2.61. The van der Waals surface area contributed by atoms with E-state index >= 15 is 0 Å². The first-order valence-corrected chi connectivity index (χ1v) is 13.5. The first-order valence-electron chi connectivity index (χ1n) is 13.5. The van der Waals surface area contributed by atoms with Gasteiger partial charge in [0, 0.05) is 0 Å². The van der Waals surface area contributed by atoms with E-state index in [0.717, 1.165) is 23.7 Å². The molecule has 4 aliphatic rings. The number of hydrogen-bond donors (Lipinski definition) is 0. The third kappa shape index (κ3) is 3.37. The van der Waals surface area contributed by atoms with Crippen LogP contribution in [0, 0.1) is 50.7 Å². The van der Waals surface area contributed by atoms with Crippen LogP contribution in [0.2, 0.25) is 0 Å². The van der Waals surface area contributed by atoms with Gasteiger partial charge in [0.05, 0.1) is 0 Å².